The average molecular weight is 280 g/mol. The van der Waals surface area contributed by atoms with E-state index >= 15 is 0 Å². The van der Waals surface area contributed by atoms with Crippen LogP contribution in [0.25, 0.3) is 0 Å². The first-order chi connectivity index (χ1) is 9.41. The van der Waals surface area contributed by atoms with Crippen LogP contribution in [-0.2, 0) is 16.0 Å². The van der Waals surface area contributed by atoms with Crippen molar-refractivity contribution in [3.63, 3.8) is 0 Å². The predicted molar refractivity (Wildman–Crippen MR) is 76.0 cm³/mol. The van der Waals surface area contributed by atoms with E-state index in [4.69, 9.17) is 16.1 Å². The molecule has 0 aliphatic heterocycles. The number of benzene rings is 1. The van der Waals surface area contributed by atoms with Crippen molar-refractivity contribution in [2.75, 3.05) is 13.6 Å². The maximum Gasteiger partial charge on any atom is 0.328 e. The summed E-state index contributed by atoms with van der Waals surface area (Å²) in [6, 6.07) is 10.5. The zero-order chi connectivity index (χ0) is 15.4. The number of aryl methyl sites for hydroxylation is 1. The number of carboxylic acid groups (broad SMARTS) is 2. The molecule has 0 aliphatic carbocycles. The number of nitrogens with zero attached hydrogens (tertiary/aromatic N) is 1. The molecule has 1 aromatic carbocycles. The standard InChI is InChI=1S/C10H16N2.C4H4O4/c1-12(11)9-5-8-10-6-3-2-4-7-10;5-3(6)1-2-4(7)8/h2-4,6-7H,5,8-9,11H2,1H3;1-2H,(H,5,6)(H,7,8)/b;2-1-. The molecule has 0 heterocycles. The average Bonchev–Trinajstić information content (AvgIpc) is 2.38. The Labute approximate surface area is 118 Å². The fourth-order valence-corrected chi connectivity index (χ4v) is 1.32. The first kappa shape index (κ1) is 17.8. The third-order valence-electron chi connectivity index (χ3n) is 2.19. The highest BCUT2D eigenvalue weighted by Crippen LogP contribution is 2.01. The smallest absolute Gasteiger partial charge is 0.328 e. The molecule has 0 atom stereocenters. The number of hydrazine groups is 1. The molecule has 1 rings (SSSR count). The SMILES string of the molecule is CN(N)CCCc1ccccc1.O=C(O)/C=C\C(=O)O. The molecule has 0 spiro atoms. The third kappa shape index (κ3) is 12.3. The van der Waals surface area contributed by atoms with E-state index in [1.165, 1.54) is 5.56 Å². The van der Waals surface area contributed by atoms with Gasteiger partial charge in [0, 0.05) is 25.7 Å². The molecule has 0 bridgehead atoms. The van der Waals surface area contributed by atoms with Gasteiger partial charge in [-0.15, -0.1) is 0 Å². The number of carboxylic acids is 2. The van der Waals surface area contributed by atoms with Crippen LogP contribution in [0, 0.1) is 0 Å². The van der Waals surface area contributed by atoms with Gasteiger partial charge in [-0.05, 0) is 18.4 Å². The van der Waals surface area contributed by atoms with Gasteiger partial charge in [-0.25, -0.2) is 9.59 Å². The number of hydrogen-bond donors (Lipinski definition) is 3. The summed E-state index contributed by atoms with van der Waals surface area (Å²) in [5.74, 6) is 2.98. The van der Waals surface area contributed by atoms with Crippen LogP contribution in [0.2, 0.25) is 0 Å². The van der Waals surface area contributed by atoms with Crippen molar-refractivity contribution in [2.24, 2.45) is 5.84 Å². The summed E-state index contributed by atoms with van der Waals surface area (Å²) in [5, 5.41) is 17.3. The fourth-order valence-electron chi connectivity index (χ4n) is 1.32. The Balaban J connectivity index is 0.000000396. The molecule has 110 valence electrons. The van der Waals surface area contributed by atoms with Gasteiger partial charge in [-0.1, -0.05) is 30.3 Å². The Morgan fingerprint density at radius 3 is 2.05 bits per heavy atom. The van der Waals surface area contributed by atoms with Gasteiger partial charge in [0.1, 0.15) is 0 Å². The number of carbonyl (C=O) groups is 2. The lowest BCUT2D eigenvalue weighted by Crippen LogP contribution is -2.27. The second-order valence-corrected chi connectivity index (χ2v) is 4.08. The zero-order valence-electron chi connectivity index (χ0n) is 11.4. The molecule has 0 radical (unpaired) electrons. The molecular formula is C14H20N2O4. The second kappa shape index (κ2) is 10.7. The van der Waals surface area contributed by atoms with Gasteiger partial charge < -0.3 is 10.2 Å². The van der Waals surface area contributed by atoms with Gasteiger partial charge in [0.05, 0.1) is 0 Å². The van der Waals surface area contributed by atoms with Crippen LogP contribution in [0.4, 0.5) is 0 Å². The van der Waals surface area contributed by atoms with E-state index in [-0.39, 0.29) is 0 Å². The first-order valence-electron chi connectivity index (χ1n) is 6.05. The van der Waals surface area contributed by atoms with E-state index in [0.29, 0.717) is 12.2 Å². The molecule has 0 saturated carbocycles. The molecule has 6 nitrogen and oxygen atoms in total. The van der Waals surface area contributed by atoms with Gasteiger partial charge in [-0.2, -0.15) is 0 Å². The largest absolute Gasteiger partial charge is 0.478 e. The summed E-state index contributed by atoms with van der Waals surface area (Å²) in [4.78, 5) is 19.1. The molecule has 20 heavy (non-hydrogen) atoms. The zero-order valence-corrected chi connectivity index (χ0v) is 11.4. The van der Waals surface area contributed by atoms with Crippen LogP contribution in [0.5, 0.6) is 0 Å². The molecule has 6 heteroatoms. The van der Waals surface area contributed by atoms with E-state index in [9.17, 15) is 9.59 Å². The molecule has 0 aliphatic rings. The summed E-state index contributed by atoms with van der Waals surface area (Å²) in [6.45, 7) is 0.953. The number of hydrogen-bond acceptors (Lipinski definition) is 4. The van der Waals surface area contributed by atoms with Crippen LogP contribution in [0.15, 0.2) is 42.5 Å². The maximum atomic E-state index is 9.55. The van der Waals surface area contributed by atoms with Crippen LogP contribution < -0.4 is 5.84 Å². The minimum atomic E-state index is -1.26. The second-order valence-electron chi connectivity index (χ2n) is 4.08. The van der Waals surface area contributed by atoms with E-state index in [1.807, 2.05) is 13.1 Å². The Bertz CT molecular complexity index is 414. The maximum absolute atomic E-state index is 9.55. The molecule has 1 aromatic rings. The van der Waals surface area contributed by atoms with Gasteiger partial charge in [0.15, 0.2) is 0 Å². The molecule has 0 fully saturated rings. The summed E-state index contributed by atoms with van der Waals surface area (Å²) < 4.78 is 0. The first-order valence-corrected chi connectivity index (χ1v) is 6.05. The Kier molecular flexibility index (Phi) is 9.55. The van der Waals surface area contributed by atoms with Crippen LogP contribution in [-0.4, -0.2) is 40.8 Å². The minimum Gasteiger partial charge on any atom is -0.478 e. The lowest BCUT2D eigenvalue weighted by Gasteiger charge is -2.08. The Morgan fingerprint density at radius 2 is 1.65 bits per heavy atom. The molecular weight excluding hydrogens is 260 g/mol. The highest BCUT2D eigenvalue weighted by molar-refractivity contribution is 5.89. The van der Waals surface area contributed by atoms with Crippen molar-refractivity contribution >= 4 is 11.9 Å². The van der Waals surface area contributed by atoms with Gasteiger partial charge >= 0.3 is 11.9 Å². The molecule has 4 N–H and O–H groups in total. The Morgan fingerprint density at radius 1 is 1.15 bits per heavy atom. The lowest BCUT2D eigenvalue weighted by atomic mass is 10.1. The Hall–Kier alpha value is -2.18. The quantitative estimate of drug-likeness (QED) is 0.410. The fraction of sp³-hybridized carbons (Fsp3) is 0.286. The van der Waals surface area contributed by atoms with Crippen LogP contribution in [0.3, 0.4) is 0 Å². The summed E-state index contributed by atoms with van der Waals surface area (Å²) in [7, 11) is 1.89. The van der Waals surface area contributed by atoms with Crippen molar-refractivity contribution in [3.05, 3.63) is 48.0 Å². The topological polar surface area (TPSA) is 104 Å². The van der Waals surface area contributed by atoms with Crippen molar-refractivity contribution in [2.45, 2.75) is 12.8 Å². The number of nitrogens with two attached hydrogens (primary N) is 1. The normalized spacial score (nSPS) is 10.2. The van der Waals surface area contributed by atoms with E-state index < -0.39 is 11.9 Å². The lowest BCUT2D eigenvalue weighted by molar-refractivity contribution is -0.134. The van der Waals surface area contributed by atoms with Gasteiger partial charge in [-0.3, -0.25) is 10.9 Å². The molecule has 0 saturated heterocycles. The van der Waals surface area contributed by atoms with Gasteiger partial charge in [0.25, 0.3) is 0 Å². The van der Waals surface area contributed by atoms with Crippen molar-refractivity contribution < 1.29 is 19.8 Å². The predicted octanol–water partition coefficient (Wildman–Crippen LogP) is 1.14. The van der Waals surface area contributed by atoms with Crippen molar-refractivity contribution in [1.29, 1.82) is 0 Å². The summed E-state index contributed by atoms with van der Waals surface area (Å²) in [5.41, 5.74) is 1.39. The minimum absolute atomic E-state index is 0.558. The monoisotopic (exact) mass is 280 g/mol. The highest BCUT2D eigenvalue weighted by Gasteiger charge is 1.92. The molecule has 0 aromatic heterocycles. The summed E-state index contributed by atoms with van der Waals surface area (Å²) in [6.07, 6.45) is 3.35. The van der Waals surface area contributed by atoms with Gasteiger partial charge in [0.2, 0.25) is 0 Å². The van der Waals surface area contributed by atoms with Crippen molar-refractivity contribution in [1.82, 2.24) is 5.01 Å². The number of rotatable bonds is 6. The van der Waals surface area contributed by atoms with E-state index in [0.717, 1.165) is 19.4 Å². The third-order valence-corrected chi connectivity index (χ3v) is 2.19. The summed E-state index contributed by atoms with van der Waals surface area (Å²) >= 11 is 0. The van der Waals surface area contributed by atoms with Crippen molar-refractivity contribution in [3.8, 4) is 0 Å². The van der Waals surface area contributed by atoms with E-state index in [2.05, 4.69) is 24.3 Å². The van der Waals surface area contributed by atoms with Crippen LogP contribution in [0.1, 0.15) is 12.0 Å². The molecule has 0 unspecified atom stereocenters. The number of aliphatic carboxylic acids is 2. The highest BCUT2D eigenvalue weighted by atomic mass is 16.4. The van der Waals surface area contributed by atoms with Crippen LogP contribution >= 0.6 is 0 Å². The van der Waals surface area contributed by atoms with E-state index in [1.54, 1.807) is 5.01 Å². The molecule has 0 amide bonds.